The van der Waals surface area contributed by atoms with Crippen LogP contribution < -0.4 is 10.6 Å². The summed E-state index contributed by atoms with van der Waals surface area (Å²) in [6.07, 6.45) is 2.07. The molecular weight excluding hydrogens is 330 g/mol. The summed E-state index contributed by atoms with van der Waals surface area (Å²) in [7, 11) is 1.82. The van der Waals surface area contributed by atoms with Crippen molar-refractivity contribution in [3.63, 3.8) is 0 Å². The molecule has 25 heavy (non-hydrogen) atoms. The minimum atomic E-state index is 0.847. The Hall–Kier alpha value is -1.92. The highest BCUT2D eigenvalue weighted by atomic mass is 32.1. The molecule has 0 atom stereocenters. The Kier molecular flexibility index (Phi) is 6.42. The van der Waals surface area contributed by atoms with Gasteiger partial charge in [-0.05, 0) is 24.5 Å². The number of nitrogens with zero attached hydrogens (tertiary/aromatic N) is 3. The van der Waals surface area contributed by atoms with Crippen molar-refractivity contribution in [2.45, 2.75) is 26.3 Å². The van der Waals surface area contributed by atoms with Crippen molar-refractivity contribution in [3.8, 4) is 0 Å². The summed E-state index contributed by atoms with van der Waals surface area (Å²) < 4.78 is 0. The third kappa shape index (κ3) is 5.28. The molecular formula is C19H27N5S. The molecule has 1 aromatic carbocycles. The lowest BCUT2D eigenvalue weighted by atomic mass is 10.00. The molecule has 2 aromatic rings. The SMILES string of the molecule is CN=C(NCCc1csc(C)n1)NCCN1CCc2ccccc2C1. The van der Waals surface area contributed by atoms with Crippen molar-refractivity contribution in [1.82, 2.24) is 20.5 Å². The van der Waals surface area contributed by atoms with Crippen molar-refractivity contribution >= 4 is 17.3 Å². The molecule has 0 saturated carbocycles. The number of guanidine groups is 1. The summed E-state index contributed by atoms with van der Waals surface area (Å²) >= 11 is 1.70. The molecule has 0 amide bonds. The maximum atomic E-state index is 4.49. The molecule has 134 valence electrons. The Morgan fingerprint density at radius 2 is 2.04 bits per heavy atom. The van der Waals surface area contributed by atoms with Gasteiger partial charge >= 0.3 is 0 Å². The van der Waals surface area contributed by atoms with Gasteiger partial charge in [-0.2, -0.15) is 0 Å². The number of fused-ring (bicyclic) bond motifs is 1. The fourth-order valence-electron chi connectivity index (χ4n) is 3.13. The summed E-state index contributed by atoms with van der Waals surface area (Å²) in [5, 5.41) is 10.0. The minimum absolute atomic E-state index is 0.847. The monoisotopic (exact) mass is 357 g/mol. The van der Waals surface area contributed by atoms with Gasteiger partial charge in [0.25, 0.3) is 0 Å². The van der Waals surface area contributed by atoms with Crippen LogP contribution in [0.4, 0.5) is 0 Å². The first-order valence-electron chi connectivity index (χ1n) is 8.89. The molecule has 1 aliphatic heterocycles. The van der Waals surface area contributed by atoms with Gasteiger partial charge in [0, 0.05) is 51.6 Å². The number of rotatable bonds is 6. The van der Waals surface area contributed by atoms with Gasteiger partial charge in [-0.1, -0.05) is 24.3 Å². The average Bonchev–Trinajstić information content (AvgIpc) is 3.05. The smallest absolute Gasteiger partial charge is 0.191 e. The predicted molar refractivity (Wildman–Crippen MR) is 105 cm³/mol. The number of aliphatic imine (C=N–C) groups is 1. The minimum Gasteiger partial charge on any atom is -0.356 e. The van der Waals surface area contributed by atoms with E-state index in [0.717, 1.165) is 62.2 Å². The van der Waals surface area contributed by atoms with Crippen molar-refractivity contribution in [3.05, 3.63) is 51.5 Å². The molecule has 2 heterocycles. The summed E-state index contributed by atoms with van der Waals surface area (Å²) in [4.78, 5) is 11.3. The lowest BCUT2D eigenvalue weighted by Gasteiger charge is -2.28. The predicted octanol–water partition coefficient (Wildman–Crippen LogP) is 2.22. The average molecular weight is 358 g/mol. The normalized spacial score (nSPS) is 15.0. The second-order valence-corrected chi connectivity index (χ2v) is 7.39. The van der Waals surface area contributed by atoms with Crippen molar-refractivity contribution in [2.75, 3.05) is 33.2 Å². The quantitative estimate of drug-likeness (QED) is 0.615. The molecule has 0 fully saturated rings. The largest absolute Gasteiger partial charge is 0.356 e. The summed E-state index contributed by atoms with van der Waals surface area (Å²) in [5.74, 6) is 0.865. The molecule has 0 saturated heterocycles. The number of aromatic nitrogens is 1. The van der Waals surface area contributed by atoms with Gasteiger partial charge in [-0.3, -0.25) is 9.89 Å². The highest BCUT2D eigenvalue weighted by molar-refractivity contribution is 7.09. The zero-order chi connectivity index (χ0) is 17.5. The number of benzene rings is 1. The standard InChI is InChI=1S/C19H27N5S/c1-15-23-18(14-25-15)7-9-21-19(20-2)22-10-12-24-11-8-16-5-3-4-6-17(16)13-24/h3-6,14H,7-13H2,1-2H3,(H2,20,21,22). The highest BCUT2D eigenvalue weighted by Gasteiger charge is 2.14. The van der Waals surface area contributed by atoms with E-state index >= 15 is 0 Å². The molecule has 5 nitrogen and oxygen atoms in total. The number of aryl methyl sites for hydroxylation is 1. The third-order valence-electron chi connectivity index (χ3n) is 4.49. The van der Waals surface area contributed by atoms with Crippen molar-refractivity contribution < 1.29 is 0 Å². The number of thiazole rings is 1. The van der Waals surface area contributed by atoms with Gasteiger partial charge in [-0.25, -0.2) is 4.98 Å². The van der Waals surface area contributed by atoms with Crippen LogP contribution in [0.15, 0.2) is 34.6 Å². The number of nitrogens with one attached hydrogen (secondary N) is 2. The van der Waals surface area contributed by atoms with Crippen LogP contribution in [0.25, 0.3) is 0 Å². The highest BCUT2D eigenvalue weighted by Crippen LogP contribution is 2.17. The topological polar surface area (TPSA) is 52.6 Å². The van der Waals surface area contributed by atoms with E-state index in [0.29, 0.717) is 0 Å². The van der Waals surface area contributed by atoms with Crippen molar-refractivity contribution in [2.24, 2.45) is 4.99 Å². The van der Waals surface area contributed by atoms with Gasteiger partial charge in [0.2, 0.25) is 0 Å². The molecule has 3 rings (SSSR count). The molecule has 1 aliphatic rings. The fourth-order valence-corrected chi connectivity index (χ4v) is 3.78. The van der Waals surface area contributed by atoms with Crippen LogP contribution in [-0.2, 0) is 19.4 Å². The van der Waals surface area contributed by atoms with E-state index in [9.17, 15) is 0 Å². The zero-order valence-corrected chi connectivity index (χ0v) is 15.9. The maximum Gasteiger partial charge on any atom is 0.191 e. The second-order valence-electron chi connectivity index (χ2n) is 6.33. The molecule has 0 spiro atoms. The van der Waals surface area contributed by atoms with E-state index in [1.807, 2.05) is 14.0 Å². The third-order valence-corrected chi connectivity index (χ3v) is 5.32. The van der Waals surface area contributed by atoms with Crippen LogP contribution >= 0.6 is 11.3 Å². The van der Waals surface area contributed by atoms with E-state index < -0.39 is 0 Å². The Morgan fingerprint density at radius 3 is 2.80 bits per heavy atom. The molecule has 0 bridgehead atoms. The van der Waals surface area contributed by atoms with E-state index in [4.69, 9.17) is 0 Å². The van der Waals surface area contributed by atoms with Gasteiger partial charge in [0.15, 0.2) is 5.96 Å². The molecule has 0 aliphatic carbocycles. The number of hydrogen-bond donors (Lipinski definition) is 2. The summed E-state index contributed by atoms with van der Waals surface area (Å²) in [6.45, 7) is 7.00. The van der Waals surface area contributed by atoms with E-state index in [2.05, 4.69) is 55.2 Å². The second kappa shape index (κ2) is 8.97. The van der Waals surface area contributed by atoms with E-state index in [1.54, 1.807) is 11.3 Å². The lowest BCUT2D eigenvalue weighted by molar-refractivity contribution is 0.258. The molecule has 2 N–H and O–H groups in total. The Morgan fingerprint density at radius 1 is 1.24 bits per heavy atom. The molecule has 0 unspecified atom stereocenters. The van der Waals surface area contributed by atoms with Gasteiger partial charge in [0.05, 0.1) is 10.7 Å². The zero-order valence-electron chi connectivity index (χ0n) is 15.1. The van der Waals surface area contributed by atoms with Crippen LogP contribution in [0, 0.1) is 6.92 Å². The van der Waals surface area contributed by atoms with Crippen LogP contribution in [0.2, 0.25) is 0 Å². The summed E-state index contributed by atoms with van der Waals surface area (Å²) in [6, 6.07) is 8.77. The molecule has 0 radical (unpaired) electrons. The van der Waals surface area contributed by atoms with E-state index in [-0.39, 0.29) is 0 Å². The molecule has 1 aromatic heterocycles. The van der Waals surface area contributed by atoms with Gasteiger partial charge < -0.3 is 10.6 Å². The lowest BCUT2D eigenvalue weighted by Crippen LogP contribution is -2.43. The van der Waals surface area contributed by atoms with Crippen LogP contribution in [-0.4, -0.2) is 49.1 Å². The molecule has 6 heteroatoms. The van der Waals surface area contributed by atoms with Crippen LogP contribution in [0.3, 0.4) is 0 Å². The Labute approximate surface area is 154 Å². The Bertz CT molecular complexity index is 709. The first-order chi connectivity index (χ1) is 12.2. The maximum absolute atomic E-state index is 4.49. The van der Waals surface area contributed by atoms with E-state index in [1.165, 1.54) is 11.1 Å². The van der Waals surface area contributed by atoms with Crippen molar-refractivity contribution in [1.29, 1.82) is 0 Å². The van der Waals surface area contributed by atoms with Gasteiger partial charge in [0.1, 0.15) is 0 Å². The van der Waals surface area contributed by atoms with Crippen LogP contribution in [0.1, 0.15) is 21.8 Å². The summed E-state index contributed by atoms with van der Waals surface area (Å²) in [5.41, 5.74) is 4.12. The Balaban J connectivity index is 1.36. The first kappa shape index (κ1) is 17.9. The number of hydrogen-bond acceptors (Lipinski definition) is 4. The van der Waals surface area contributed by atoms with Crippen LogP contribution in [0.5, 0.6) is 0 Å². The van der Waals surface area contributed by atoms with Gasteiger partial charge in [-0.15, -0.1) is 11.3 Å². The fraction of sp³-hybridized carbons (Fsp3) is 0.474. The first-order valence-corrected chi connectivity index (χ1v) is 9.77.